The average Bonchev–Trinajstić information content (AvgIpc) is 3.15. The fourth-order valence-electron chi connectivity index (χ4n) is 6.54. The van der Waals surface area contributed by atoms with Gasteiger partial charge in [0, 0.05) is 6.42 Å². The quantitative estimate of drug-likeness (QED) is 0.425. The number of aliphatic hydroxyl groups excluding tert-OH is 2. The van der Waals surface area contributed by atoms with Crippen LogP contribution in [0.4, 0.5) is 0 Å². The third-order valence-electron chi connectivity index (χ3n) is 8.39. The molecule has 0 aliphatic heterocycles. The van der Waals surface area contributed by atoms with Crippen molar-refractivity contribution >= 4 is 0 Å². The van der Waals surface area contributed by atoms with E-state index in [1.54, 1.807) is 0 Å². The zero-order valence-electron chi connectivity index (χ0n) is 22.7. The van der Waals surface area contributed by atoms with Gasteiger partial charge in [-0.05, 0) is 99.2 Å². The smallest absolute Gasteiger partial charge is 0.211 e. The molecule has 30 heavy (non-hydrogen) atoms. The molecule has 3 aliphatic rings. The lowest BCUT2D eigenvalue weighted by Crippen LogP contribution is -2.35. The summed E-state index contributed by atoms with van der Waals surface area (Å²) in [7, 11) is 0. The molecule has 170 valence electrons. The highest BCUT2D eigenvalue weighted by Crippen LogP contribution is 2.58. The van der Waals surface area contributed by atoms with Gasteiger partial charge in [0.1, 0.15) is 0 Å². The summed E-state index contributed by atoms with van der Waals surface area (Å²) in [6.45, 7) is 11.0. The minimum atomic E-state index is -0.354. The van der Waals surface area contributed by atoms with Crippen LogP contribution in [0.25, 0.3) is 0 Å². The zero-order valence-corrected chi connectivity index (χ0v) is 19.7. The van der Waals surface area contributed by atoms with Crippen molar-refractivity contribution < 1.29 is 15.3 Å². The van der Waals surface area contributed by atoms with Crippen LogP contribution in [0.2, 0.25) is 0 Å². The summed E-state index contributed by atoms with van der Waals surface area (Å²) >= 11 is 0. The van der Waals surface area contributed by atoms with Gasteiger partial charge in [0.2, 0.25) is 4.29 Å². The Kier molecular flexibility index (Phi) is 6.13. The first-order valence-corrected chi connectivity index (χ1v) is 12.1. The summed E-state index contributed by atoms with van der Waals surface area (Å²) in [5, 5.41) is 14.6. The molecule has 3 heteroatoms. The van der Waals surface area contributed by atoms with Gasteiger partial charge in [-0.25, -0.2) is 0 Å². The molecule has 3 rings (SSSR count). The van der Waals surface area contributed by atoms with E-state index in [2.05, 4.69) is 32.1 Å². The minimum absolute atomic E-state index is 0.212. The van der Waals surface area contributed by atoms with Gasteiger partial charge < -0.3 is 15.3 Å². The number of fused-ring (bicyclic) bond motifs is 1. The summed E-state index contributed by atoms with van der Waals surface area (Å²) in [6.07, 6.45) is 15.9. The van der Waals surface area contributed by atoms with E-state index in [9.17, 15) is 0 Å². The van der Waals surface area contributed by atoms with E-state index in [4.69, 9.17) is 19.6 Å². The van der Waals surface area contributed by atoms with E-state index in [0.29, 0.717) is 30.1 Å². The second kappa shape index (κ2) is 9.30. The molecule has 3 N–H and O–H groups in total. The summed E-state index contributed by atoms with van der Waals surface area (Å²) in [4.78, 5) is 0. The number of allylic oxidation sites excluding steroid dienone is 4. The first-order valence-electron chi connectivity index (χ1n) is 13.3. The van der Waals surface area contributed by atoms with Crippen molar-refractivity contribution in [2.75, 3.05) is 0 Å². The molecule has 3 nitrogen and oxygen atoms in total. The summed E-state index contributed by atoms with van der Waals surface area (Å²) in [6, 6.07) is 0. The molecular weight excluding hydrogens is 372 g/mol. The maximum Gasteiger partial charge on any atom is 0.211 e. The van der Waals surface area contributed by atoms with Crippen LogP contribution in [0.3, 0.4) is 0 Å². The number of rotatable bonds is 10. The SMILES string of the molecule is [2H]O[C@@H]1CC(/C=C\C2=CCC[C@@]3(C)[C@@H]2CC[C@@H]3[C@H](C)CCCC(C)(C)O[2H])=C(C)[C@@H](O[2H])C1. The van der Waals surface area contributed by atoms with Crippen LogP contribution < -0.4 is 0 Å². The molecule has 1 fully saturated rings. The van der Waals surface area contributed by atoms with Crippen LogP contribution in [0.15, 0.2) is 34.9 Å². The Labute approximate surface area is 188 Å². The molecule has 3 aliphatic carbocycles. The fraction of sp³-hybridized carbons (Fsp3) is 0.778. The van der Waals surface area contributed by atoms with E-state index >= 15 is 0 Å². The van der Waals surface area contributed by atoms with Crippen molar-refractivity contribution in [1.29, 1.82) is 4.29 Å². The summed E-state index contributed by atoms with van der Waals surface area (Å²) in [5.74, 6) is 2.01. The number of hydrogen-bond donors (Lipinski definition) is 3. The van der Waals surface area contributed by atoms with E-state index in [1.165, 1.54) is 31.3 Å². The highest BCUT2D eigenvalue weighted by atomic mass is 16.3. The average molecular weight is 420 g/mol. The van der Waals surface area contributed by atoms with Crippen molar-refractivity contribution in [3.63, 3.8) is 0 Å². The Morgan fingerprint density at radius 2 is 2.13 bits per heavy atom. The van der Waals surface area contributed by atoms with Crippen molar-refractivity contribution in [3.05, 3.63) is 34.9 Å². The monoisotopic (exact) mass is 419 g/mol. The Balaban J connectivity index is 1.68. The maximum absolute atomic E-state index is 7.39. The van der Waals surface area contributed by atoms with E-state index in [1.807, 2.05) is 20.8 Å². The third-order valence-corrected chi connectivity index (χ3v) is 8.39. The van der Waals surface area contributed by atoms with Crippen LogP contribution in [0.1, 0.15) is 92.4 Å². The molecular formula is C27H44O3. The predicted octanol–water partition coefficient (Wildman–Crippen LogP) is 5.70. The topological polar surface area (TPSA) is 60.7 Å². The summed E-state index contributed by atoms with van der Waals surface area (Å²) < 4.78 is 22.0. The van der Waals surface area contributed by atoms with Crippen molar-refractivity contribution in [3.8, 4) is 0 Å². The zero-order chi connectivity index (χ0) is 24.2. The second-order valence-corrected chi connectivity index (χ2v) is 11.2. The van der Waals surface area contributed by atoms with Crippen molar-refractivity contribution in [1.82, 2.24) is 0 Å². The van der Waals surface area contributed by atoms with E-state index < -0.39 is 0 Å². The highest BCUT2D eigenvalue weighted by molar-refractivity contribution is 5.37. The van der Waals surface area contributed by atoms with Crippen LogP contribution in [-0.2, 0) is 0 Å². The Morgan fingerprint density at radius 1 is 1.30 bits per heavy atom. The van der Waals surface area contributed by atoms with E-state index in [-0.39, 0.29) is 17.8 Å². The summed E-state index contributed by atoms with van der Waals surface area (Å²) in [5.41, 5.74) is 3.68. The van der Waals surface area contributed by atoms with Gasteiger partial charge in [-0.2, -0.15) is 0 Å². The van der Waals surface area contributed by atoms with Crippen molar-refractivity contribution in [2.24, 2.45) is 23.2 Å². The van der Waals surface area contributed by atoms with Gasteiger partial charge in [0.05, 0.1) is 17.8 Å². The Bertz CT molecular complexity index is 760. The molecule has 0 saturated heterocycles. The highest BCUT2D eigenvalue weighted by Gasteiger charge is 2.49. The molecule has 0 aromatic rings. The van der Waals surface area contributed by atoms with Crippen LogP contribution in [0.5, 0.6) is 0 Å². The van der Waals surface area contributed by atoms with Gasteiger partial charge >= 0.3 is 0 Å². The van der Waals surface area contributed by atoms with Crippen molar-refractivity contribution in [2.45, 2.75) is 110 Å². The lowest BCUT2D eigenvalue weighted by atomic mass is 9.62. The minimum Gasteiger partial charge on any atom is -0.393 e. The third kappa shape index (κ3) is 5.29. The molecule has 0 aromatic carbocycles. The maximum atomic E-state index is 7.39. The normalized spacial score (nSPS) is 37.5. The Hall–Kier alpha value is -0.900. The van der Waals surface area contributed by atoms with Crippen LogP contribution in [0, 0.1) is 23.2 Å². The molecule has 0 amide bonds. The molecule has 0 aromatic heterocycles. The predicted molar refractivity (Wildman–Crippen MR) is 124 cm³/mol. The van der Waals surface area contributed by atoms with Gasteiger partial charge in [0.25, 0.3) is 0 Å². The van der Waals surface area contributed by atoms with Gasteiger partial charge in [0.15, 0.2) is 0 Å². The van der Waals surface area contributed by atoms with Gasteiger partial charge in [-0.15, -0.1) is 0 Å². The lowest BCUT2D eigenvalue weighted by Gasteiger charge is -2.43. The fourth-order valence-corrected chi connectivity index (χ4v) is 6.54. The first-order chi connectivity index (χ1) is 15.6. The second-order valence-electron chi connectivity index (χ2n) is 11.2. The number of aliphatic hydroxyl groups is 3. The van der Waals surface area contributed by atoms with Crippen LogP contribution >= 0.6 is 0 Å². The standard InChI is InChI=1S/C27H44O3/c1-18(8-6-14-26(3,4)30)23-12-13-24-20(9-7-15-27(23,24)5)10-11-21-16-22(28)17-25(29)19(21)2/h9-11,18,22-25,28-30H,6-8,12-17H2,1-5H3/b11-10-/t18-,22-,23-,24-,25+,27-/m1/s1/i28D,29D,30D. The Morgan fingerprint density at radius 3 is 2.87 bits per heavy atom. The largest absolute Gasteiger partial charge is 0.393 e. The molecule has 0 unspecified atom stereocenters. The van der Waals surface area contributed by atoms with E-state index in [0.717, 1.165) is 36.3 Å². The molecule has 6 atom stereocenters. The molecule has 0 bridgehead atoms. The first kappa shape index (κ1) is 19.8. The van der Waals surface area contributed by atoms with Gasteiger partial charge in [-0.1, -0.05) is 44.9 Å². The lowest BCUT2D eigenvalue weighted by molar-refractivity contribution is 0.0613. The van der Waals surface area contributed by atoms with Crippen LogP contribution in [-0.4, -0.2) is 37.4 Å². The number of hydrogen-bond acceptors (Lipinski definition) is 3. The molecule has 0 spiro atoms. The molecule has 1 saturated carbocycles. The molecule has 0 radical (unpaired) electrons. The molecule has 0 heterocycles. The van der Waals surface area contributed by atoms with Gasteiger partial charge in [-0.3, -0.25) is 0 Å².